The van der Waals surface area contributed by atoms with Crippen LogP contribution in [0.1, 0.15) is 18.4 Å². The molecule has 1 heteroatoms. The Labute approximate surface area is 59.7 Å². The fourth-order valence-electron chi connectivity index (χ4n) is 1.07. The predicted molar refractivity (Wildman–Crippen MR) is 37.3 cm³/mol. The van der Waals surface area contributed by atoms with E-state index >= 15 is 0 Å². The van der Waals surface area contributed by atoms with Crippen LogP contribution in [-0.4, -0.2) is 0 Å². The maximum atomic E-state index is 13.2. The van der Waals surface area contributed by atoms with Crippen molar-refractivity contribution in [2.45, 2.75) is 18.5 Å². The van der Waals surface area contributed by atoms with E-state index < -0.39 is 5.67 Å². The van der Waals surface area contributed by atoms with E-state index in [9.17, 15) is 4.39 Å². The first kappa shape index (κ1) is 5.90. The van der Waals surface area contributed by atoms with Gasteiger partial charge in [0.15, 0.2) is 0 Å². The zero-order valence-electron chi connectivity index (χ0n) is 5.60. The van der Waals surface area contributed by atoms with Gasteiger partial charge in [0.05, 0.1) is 0 Å². The Balaban J connectivity index is 2.35. The molecule has 0 unspecified atom stereocenters. The molecule has 0 aromatic heterocycles. The maximum Gasteiger partial charge on any atom is 0.136 e. The Kier molecular flexibility index (Phi) is 1.07. The SMILES string of the molecule is FC1(c2c[c]ccc2)CC1. The Morgan fingerprint density at radius 3 is 2.80 bits per heavy atom. The van der Waals surface area contributed by atoms with Gasteiger partial charge in [-0.05, 0) is 30.5 Å². The first-order chi connectivity index (χ1) is 4.81. The molecular weight excluding hydrogens is 127 g/mol. The van der Waals surface area contributed by atoms with Crippen molar-refractivity contribution in [2.24, 2.45) is 0 Å². The molecule has 1 aromatic rings. The van der Waals surface area contributed by atoms with Crippen LogP contribution in [0.5, 0.6) is 0 Å². The molecule has 0 saturated heterocycles. The smallest absolute Gasteiger partial charge is 0.136 e. The molecule has 0 heterocycles. The largest absolute Gasteiger partial charge is 0.239 e. The highest BCUT2D eigenvalue weighted by Crippen LogP contribution is 2.49. The summed E-state index contributed by atoms with van der Waals surface area (Å²) in [6.45, 7) is 0. The summed E-state index contributed by atoms with van der Waals surface area (Å²) in [5, 5.41) is 0. The highest BCUT2D eigenvalue weighted by Gasteiger charge is 2.44. The van der Waals surface area contributed by atoms with Gasteiger partial charge in [0.2, 0.25) is 0 Å². The molecular formula is C9H8F. The third kappa shape index (κ3) is 0.821. The van der Waals surface area contributed by atoms with E-state index in [1.54, 1.807) is 12.1 Å². The van der Waals surface area contributed by atoms with E-state index in [0.717, 1.165) is 5.56 Å². The predicted octanol–water partition coefficient (Wildman–Crippen LogP) is 2.45. The van der Waals surface area contributed by atoms with Crippen molar-refractivity contribution >= 4 is 0 Å². The standard InChI is InChI=1S/C9H8F/c10-9(6-7-9)8-4-2-1-3-5-8/h1-2,4-5H,6-7H2. The van der Waals surface area contributed by atoms with Crippen molar-refractivity contribution in [3.8, 4) is 0 Å². The van der Waals surface area contributed by atoms with Crippen molar-refractivity contribution in [1.82, 2.24) is 0 Å². The Hall–Kier alpha value is -0.850. The van der Waals surface area contributed by atoms with E-state index in [0.29, 0.717) is 12.8 Å². The molecule has 0 atom stereocenters. The lowest BCUT2D eigenvalue weighted by Gasteiger charge is -2.01. The van der Waals surface area contributed by atoms with E-state index in [4.69, 9.17) is 0 Å². The summed E-state index contributed by atoms with van der Waals surface area (Å²) in [6.07, 6.45) is 1.37. The minimum atomic E-state index is -0.988. The molecule has 0 N–H and O–H groups in total. The van der Waals surface area contributed by atoms with Crippen molar-refractivity contribution in [3.05, 3.63) is 35.9 Å². The quantitative estimate of drug-likeness (QED) is 0.554. The molecule has 1 radical (unpaired) electrons. The van der Waals surface area contributed by atoms with Crippen molar-refractivity contribution < 1.29 is 4.39 Å². The number of hydrogen-bond donors (Lipinski definition) is 0. The van der Waals surface area contributed by atoms with Gasteiger partial charge in [-0.2, -0.15) is 0 Å². The summed E-state index contributed by atoms with van der Waals surface area (Å²) >= 11 is 0. The van der Waals surface area contributed by atoms with Crippen LogP contribution in [0, 0.1) is 6.07 Å². The normalized spacial score (nSPS) is 20.5. The Bertz CT molecular complexity index is 224. The van der Waals surface area contributed by atoms with Crippen LogP contribution in [-0.2, 0) is 5.67 Å². The van der Waals surface area contributed by atoms with Gasteiger partial charge in [0.1, 0.15) is 5.67 Å². The molecule has 0 bridgehead atoms. The summed E-state index contributed by atoms with van der Waals surface area (Å²) in [4.78, 5) is 0. The molecule has 0 amide bonds. The summed E-state index contributed by atoms with van der Waals surface area (Å²) in [5.74, 6) is 0. The minimum Gasteiger partial charge on any atom is -0.239 e. The van der Waals surface area contributed by atoms with E-state index in [1.165, 1.54) is 0 Å². The monoisotopic (exact) mass is 135 g/mol. The molecule has 10 heavy (non-hydrogen) atoms. The van der Waals surface area contributed by atoms with Gasteiger partial charge in [-0.15, -0.1) is 0 Å². The Morgan fingerprint density at radius 2 is 2.30 bits per heavy atom. The van der Waals surface area contributed by atoms with Crippen LogP contribution >= 0.6 is 0 Å². The molecule has 1 fully saturated rings. The zero-order valence-corrected chi connectivity index (χ0v) is 5.60. The molecule has 0 nitrogen and oxygen atoms in total. The molecule has 0 spiro atoms. The van der Waals surface area contributed by atoms with Gasteiger partial charge >= 0.3 is 0 Å². The molecule has 0 aliphatic heterocycles. The van der Waals surface area contributed by atoms with Gasteiger partial charge < -0.3 is 0 Å². The molecule has 51 valence electrons. The number of rotatable bonds is 1. The maximum absolute atomic E-state index is 13.2. The van der Waals surface area contributed by atoms with Gasteiger partial charge in [0.25, 0.3) is 0 Å². The summed E-state index contributed by atoms with van der Waals surface area (Å²) < 4.78 is 13.2. The van der Waals surface area contributed by atoms with Crippen LogP contribution in [0.2, 0.25) is 0 Å². The number of alkyl halides is 1. The molecule has 2 rings (SSSR count). The van der Waals surface area contributed by atoms with Crippen molar-refractivity contribution in [2.75, 3.05) is 0 Å². The fraction of sp³-hybridized carbons (Fsp3) is 0.333. The van der Waals surface area contributed by atoms with Crippen LogP contribution in [0.4, 0.5) is 4.39 Å². The highest BCUT2D eigenvalue weighted by atomic mass is 19.1. The first-order valence-corrected chi connectivity index (χ1v) is 3.47. The molecule has 1 saturated carbocycles. The van der Waals surface area contributed by atoms with Crippen LogP contribution in [0.15, 0.2) is 24.3 Å². The van der Waals surface area contributed by atoms with E-state index in [2.05, 4.69) is 6.07 Å². The summed E-state index contributed by atoms with van der Waals surface area (Å²) in [5.41, 5.74) is -0.201. The lowest BCUT2D eigenvalue weighted by Crippen LogP contribution is -1.95. The van der Waals surface area contributed by atoms with Crippen LogP contribution in [0.3, 0.4) is 0 Å². The summed E-state index contributed by atoms with van der Waals surface area (Å²) in [6, 6.07) is 10.0. The van der Waals surface area contributed by atoms with E-state index in [1.807, 2.05) is 12.1 Å². The van der Waals surface area contributed by atoms with Gasteiger partial charge in [-0.1, -0.05) is 18.2 Å². The number of benzene rings is 1. The highest BCUT2D eigenvalue weighted by molar-refractivity contribution is 5.26. The van der Waals surface area contributed by atoms with Gasteiger partial charge in [-0.3, -0.25) is 0 Å². The third-order valence-electron chi connectivity index (χ3n) is 1.91. The third-order valence-corrected chi connectivity index (χ3v) is 1.91. The van der Waals surface area contributed by atoms with Crippen LogP contribution in [0.25, 0.3) is 0 Å². The second-order valence-corrected chi connectivity index (χ2v) is 2.76. The Morgan fingerprint density at radius 1 is 1.50 bits per heavy atom. The zero-order chi connectivity index (χ0) is 7.03. The van der Waals surface area contributed by atoms with E-state index in [-0.39, 0.29) is 0 Å². The van der Waals surface area contributed by atoms with Gasteiger partial charge in [-0.25, -0.2) is 4.39 Å². The van der Waals surface area contributed by atoms with Crippen LogP contribution < -0.4 is 0 Å². The first-order valence-electron chi connectivity index (χ1n) is 3.47. The number of hydrogen-bond acceptors (Lipinski definition) is 0. The second kappa shape index (κ2) is 1.82. The number of halogens is 1. The lowest BCUT2D eigenvalue weighted by molar-refractivity contribution is 0.317. The fourth-order valence-corrected chi connectivity index (χ4v) is 1.07. The van der Waals surface area contributed by atoms with Crippen molar-refractivity contribution in [3.63, 3.8) is 0 Å². The summed E-state index contributed by atoms with van der Waals surface area (Å²) in [7, 11) is 0. The average Bonchev–Trinajstić information content (AvgIpc) is 2.72. The molecule has 1 aromatic carbocycles. The average molecular weight is 135 g/mol. The van der Waals surface area contributed by atoms with Gasteiger partial charge in [0, 0.05) is 0 Å². The topological polar surface area (TPSA) is 0 Å². The minimum absolute atomic E-state index is 0.685. The molecule has 1 aliphatic rings. The molecule has 1 aliphatic carbocycles. The van der Waals surface area contributed by atoms with Crippen molar-refractivity contribution in [1.29, 1.82) is 0 Å². The second-order valence-electron chi connectivity index (χ2n) is 2.76. The lowest BCUT2D eigenvalue weighted by atomic mass is 10.1.